The Kier molecular flexibility index (Phi) is 6.54. The molecule has 0 spiro atoms. The molecule has 3 heterocycles. The minimum absolute atomic E-state index is 0.130. The number of nitrogens with one attached hydrogen (secondary N) is 2. The molecular weight excluding hydrogens is 474 g/mol. The molecule has 7 nitrogen and oxygen atoms in total. The molecular formula is C28H30F2N6O. The van der Waals surface area contributed by atoms with Crippen LogP contribution in [-0.2, 0) is 6.54 Å². The van der Waals surface area contributed by atoms with Crippen LogP contribution in [-0.4, -0.2) is 35.1 Å². The fourth-order valence-electron chi connectivity index (χ4n) is 4.84. The lowest BCUT2D eigenvalue weighted by Gasteiger charge is -2.32. The Hall–Kier alpha value is -4.01. The number of anilines is 3. The number of aryl methyl sites for hydroxylation is 1. The number of hydrogen-bond acceptors (Lipinski definition) is 5. The predicted octanol–water partition coefficient (Wildman–Crippen LogP) is 5.66. The Balaban J connectivity index is 1.74. The van der Waals surface area contributed by atoms with Crippen molar-refractivity contribution in [3.63, 3.8) is 0 Å². The van der Waals surface area contributed by atoms with Crippen LogP contribution in [0.1, 0.15) is 43.4 Å². The zero-order valence-corrected chi connectivity index (χ0v) is 21.2. The van der Waals surface area contributed by atoms with E-state index in [1.165, 1.54) is 6.07 Å². The lowest BCUT2D eigenvalue weighted by Crippen LogP contribution is -2.43. The average Bonchev–Trinajstić information content (AvgIpc) is 3.39. The number of benzene rings is 2. The van der Waals surface area contributed by atoms with E-state index in [9.17, 15) is 13.6 Å². The van der Waals surface area contributed by atoms with Crippen LogP contribution >= 0.6 is 0 Å². The molecule has 1 fully saturated rings. The van der Waals surface area contributed by atoms with Crippen LogP contribution < -0.4 is 20.4 Å². The largest absolute Gasteiger partial charge is 0.383 e. The summed E-state index contributed by atoms with van der Waals surface area (Å²) in [6.07, 6.45) is 1.99. The molecule has 0 bridgehead atoms. The molecule has 1 saturated heterocycles. The van der Waals surface area contributed by atoms with Gasteiger partial charge in [0.1, 0.15) is 17.3 Å². The quantitative estimate of drug-likeness (QED) is 0.453. The van der Waals surface area contributed by atoms with E-state index in [1.807, 2.05) is 43.9 Å². The molecule has 5 rings (SSSR count). The van der Waals surface area contributed by atoms with Crippen molar-refractivity contribution in [2.45, 2.75) is 46.2 Å². The minimum Gasteiger partial charge on any atom is -0.383 e. The summed E-state index contributed by atoms with van der Waals surface area (Å²) in [6.45, 7) is 11.9. The molecule has 0 unspecified atom stereocenters. The molecule has 0 aliphatic carbocycles. The zero-order chi connectivity index (χ0) is 26.3. The fourth-order valence-corrected chi connectivity index (χ4v) is 4.84. The van der Waals surface area contributed by atoms with E-state index in [2.05, 4.69) is 17.2 Å². The van der Waals surface area contributed by atoms with Gasteiger partial charge in [-0.05, 0) is 62.9 Å². The van der Waals surface area contributed by atoms with Gasteiger partial charge in [-0.15, -0.1) is 0 Å². The number of rotatable bonds is 6. The average molecular weight is 505 g/mol. The fraction of sp³-hybridized carbons (Fsp3) is 0.321. The first kappa shape index (κ1) is 24.7. The first-order chi connectivity index (χ1) is 17.7. The Labute approximate surface area is 215 Å². The van der Waals surface area contributed by atoms with Gasteiger partial charge in [0.2, 0.25) is 5.95 Å². The van der Waals surface area contributed by atoms with E-state index in [0.717, 1.165) is 65.4 Å². The van der Waals surface area contributed by atoms with E-state index >= 15 is 0 Å². The first-order valence-corrected chi connectivity index (χ1v) is 12.5. The molecule has 1 aromatic heterocycles. The second-order valence-corrected chi connectivity index (χ2v) is 9.74. The molecule has 0 atom stereocenters. The highest BCUT2D eigenvalue weighted by Crippen LogP contribution is 2.40. The van der Waals surface area contributed by atoms with Crippen LogP contribution in [0, 0.1) is 18.6 Å². The summed E-state index contributed by atoms with van der Waals surface area (Å²) in [6, 6.07) is 9.10. The number of nitrogens with zero attached hydrogens (tertiary/aromatic N) is 4. The third-order valence-corrected chi connectivity index (χ3v) is 6.66. The molecule has 2 aliphatic rings. The number of aromatic nitrogens is 2. The smallest absolute Gasteiger partial charge is 0.328 e. The summed E-state index contributed by atoms with van der Waals surface area (Å²) in [5, 5.41) is 6.09. The highest BCUT2D eigenvalue weighted by molar-refractivity contribution is 6.02. The van der Waals surface area contributed by atoms with Crippen LogP contribution in [0.4, 0.5) is 31.0 Å². The van der Waals surface area contributed by atoms with Crippen molar-refractivity contribution in [1.29, 1.82) is 0 Å². The molecule has 2 amide bonds. The molecule has 2 aliphatic heterocycles. The molecule has 37 heavy (non-hydrogen) atoms. The Bertz CT molecular complexity index is 1360. The summed E-state index contributed by atoms with van der Waals surface area (Å²) in [5.41, 5.74) is 4.24. The summed E-state index contributed by atoms with van der Waals surface area (Å²) < 4.78 is 29.8. The lowest BCUT2D eigenvalue weighted by atomic mass is 9.97. The van der Waals surface area contributed by atoms with E-state index in [0.29, 0.717) is 17.2 Å². The number of urea groups is 1. The highest BCUT2D eigenvalue weighted by Gasteiger charge is 2.35. The molecule has 2 N–H and O–H groups in total. The summed E-state index contributed by atoms with van der Waals surface area (Å²) >= 11 is 0. The van der Waals surface area contributed by atoms with Gasteiger partial charge in [0.05, 0.1) is 12.2 Å². The van der Waals surface area contributed by atoms with Crippen molar-refractivity contribution in [2.75, 3.05) is 22.9 Å². The van der Waals surface area contributed by atoms with E-state index in [-0.39, 0.29) is 18.4 Å². The maximum atomic E-state index is 14.9. The third kappa shape index (κ3) is 4.61. The first-order valence-electron chi connectivity index (χ1n) is 12.5. The van der Waals surface area contributed by atoms with Crippen LogP contribution in [0.2, 0.25) is 0 Å². The Morgan fingerprint density at radius 3 is 2.49 bits per heavy atom. The van der Waals surface area contributed by atoms with E-state index < -0.39 is 23.4 Å². The predicted molar refractivity (Wildman–Crippen MR) is 142 cm³/mol. The van der Waals surface area contributed by atoms with Crippen LogP contribution in [0.5, 0.6) is 0 Å². The number of carbonyl (C=O) groups is 1. The van der Waals surface area contributed by atoms with Crippen LogP contribution in [0.15, 0.2) is 43.0 Å². The van der Waals surface area contributed by atoms with Gasteiger partial charge >= 0.3 is 6.03 Å². The Morgan fingerprint density at radius 2 is 1.81 bits per heavy atom. The van der Waals surface area contributed by atoms with Gasteiger partial charge < -0.3 is 15.5 Å². The Morgan fingerprint density at radius 1 is 1.11 bits per heavy atom. The number of para-hydroxylation sites is 1. The maximum Gasteiger partial charge on any atom is 0.328 e. The summed E-state index contributed by atoms with van der Waals surface area (Å²) in [5.74, 6) is -1.07. The normalized spacial score (nSPS) is 15.1. The third-order valence-electron chi connectivity index (χ3n) is 6.66. The number of halogens is 2. The van der Waals surface area contributed by atoms with Gasteiger partial charge in [0.15, 0.2) is 5.82 Å². The summed E-state index contributed by atoms with van der Waals surface area (Å²) in [7, 11) is 0. The monoisotopic (exact) mass is 504 g/mol. The van der Waals surface area contributed by atoms with Crippen molar-refractivity contribution in [2.24, 2.45) is 0 Å². The lowest BCUT2D eigenvalue weighted by molar-refractivity contribution is 0.246. The number of amides is 2. The van der Waals surface area contributed by atoms with Gasteiger partial charge in [-0.1, -0.05) is 24.8 Å². The number of fused-ring (bicyclic) bond motifs is 1. The van der Waals surface area contributed by atoms with E-state index in [4.69, 9.17) is 9.97 Å². The van der Waals surface area contributed by atoms with Crippen molar-refractivity contribution in [3.8, 4) is 11.3 Å². The SMILES string of the molecule is C=C(NC(C)C)c1ccc(C)c(-c2nc(N3CCCC3)nc3c2CNC(=O)N3c2c(F)cccc2F)c1. The second-order valence-electron chi connectivity index (χ2n) is 9.74. The number of hydrogen-bond donors (Lipinski definition) is 2. The van der Waals surface area contributed by atoms with Gasteiger partial charge in [0, 0.05) is 36.0 Å². The molecule has 9 heteroatoms. The minimum atomic E-state index is -0.847. The molecule has 0 saturated carbocycles. The van der Waals surface area contributed by atoms with Gasteiger partial charge in [-0.2, -0.15) is 4.98 Å². The molecule has 0 radical (unpaired) electrons. The number of carbonyl (C=O) groups excluding carboxylic acids is 1. The molecule has 3 aromatic rings. The second kappa shape index (κ2) is 9.80. The van der Waals surface area contributed by atoms with Crippen LogP contribution in [0.25, 0.3) is 17.0 Å². The maximum absolute atomic E-state index is 14.9. The zero-order valence-electron chi connectivity index (χ0n) is 21.2. The van der Waals surface area contributed by atoms with Crippen molar-refractivity contribution < 1.29 is 13.6 Å². The molecule has 2 aromatic carbocycles. The van der Waals surface area contributed by atoms with Gasteiger partial charge in [0.25, 0.3) is 0 Å². The van der Waals surface area contributed by atoms with Gasteiger partial charge in [-0.3, -0.25) is 0 Å². The standard InChI is InChI=1S/C28H30F2N6O/c1-16(2)32-18(4)19-11-10-17(3)20(14-19)24-21-15-31-28(37)36(25-22(29)8-7-9-23(25)30)26(21)34-27(33-24)35-12-5-6-13-35/h7-11,14,16,32H,4-6,12-13,15H2,1-3H3,(H,31,37). The van der Waals surface area contributed by atoms with Crippen molar-refractivity contribution in [1.82, 2.24) is 20.6 Å². The topological polar surface area (TPSA) is 73.4 Å². The van der Waals surface area contributed by atoms with E-state index in [1.54, 1.807) is 0 Å². The highest BCUT2D eigenvalue weighted by atomic mass is 19.1. The van der Waals surface area contributed by atoms with Crippen LogP contribution in [0.3, 0.4) is 0 Å². The van der Waals surface area contributed by atoms with Crippen molar-refractivity contribution in [3.05, 3.63) is 71.3 Å². The van der Waals surface area contributed by atoms with Crippen molar-refractivity contribution >= 4 is 29.2 Å². The summed E-state index contributed by atoms with van der Waals surface area (Å²) in [4.78, 5) is 25.8. The van der Waals surface area contributed by atoms with Gasteiger partial charge in [-0.25, -0.2) is 23.5 Å². The molecule has 192 valence electrons.